The minimum atomic E-state index is -0.709. The second-order valence-corrected chi connectivity index (χ2v) is 7.98. The molecule has 9 heteroatoms. The Morgan fingerprint density at radius 2 is 1.61 bits per heavy atom. The van der Waals surface area contributed by atoms with Crippen molar-refractivity contribution in [2.45, 2.75) is 19.9 Å². The molecule has 0 aliphatic rings. The zero-order valence-corrected chi connectivity index (χ0v) is 20.2. The molecule has 0 fully saturated rings. The van der Waals surface area contributed by atoms with Gasteiger partial charge in [0.15, 0.2) is 24.7 Å². The van der Waals surface area contributed by atoms with Gasteiger partial charge in [-0.25, -0.2) is 9.18 Å². The number of esters is 1. The maximum atomic E-state index is 13.0. The Morgan fingerprint density at radius 1 is 0.917 bits per heavy atom. The number of carbonyl (C=O) groups is 3. The largest absolute Gasteiger partial charge is 0.493 e. The molecule has 36 heavy (non-hydrogen) atoms. The van der Waals surface area contributed by atoms with Gasteiger partial charge in [0.1, 0.15) is 5.82 Å². The Kier molecular flexibility index (Phi) is 8.99. The third kappa shape index (κ3) is 7.05. The van der Waals surface area contributed by atoms with Crippen LogP contribution in [0.2, 0.25) is 0 Å². The number of nitrogens with zero attached hydrogens (tertiary/aromatic N) is 1. The predicted molar refractivity (Wildman–Crippen MR) is 133 cm³/mol. The molecule has 2 amide bonds. The molecule has 3 aromatic carbocycles. The van der Waals surface area contributed by atoms with Gasteiger partial charge < -0.3 is 24.4 Å². The summed E-state index contributed by atoms with van der Waals surface area (Å²) in [5.41, 5.74) is 1.28. The lowest BCUT2D eigenvalue weighted by Gasteiger charge is -2.26. The fourth-order valence-corrected chi connectivity index (χ4v) is 3.39. The first kappa shape index (κ1) is 26.2. The summed E-state index contributed by atoms with van der Waals surface area (Å²) in [5.74, 6) is -1.50. The third-order valence-electron chi connectivity index (χ3n) is 5.03. The lowest BCUT2D eigenvalue weighted by atomic mass is 10.2. The number of carbonyl (C=O) groups excluding carboxylic acids is 3. The zero-order chi connectivity index (χ0) is 26.1. The second-order valence-electron chi connectivity index (χ2n) is 7.98. The lowest BCUT2D eigenvalue weighted by Crippen LogP contribution is -2.39. The number of nitrogens with one attached hydrogen (secondary N) is 1. The van der Waals surface area contributed by atoms with E-state index in [-0.39, 0.29) is 35.6 Å². The first-order chi connectivity index (χ1) is 17.3. The molecule has 3 aromatic rings. The molecule has 3 rings (SSSR count). The van der Waals surface area contributed by atoms with Crippen molar-refractivity contribution < 1.29 is 33.0 Å². The molecule has 0 aliphatic heterocycles. The summed E-state index contributed by atoms with van der Waals surface area (Å²) in [7, 11) is 1.39. The summed E-state index contributed by atoms with van der Waals surface area (Å²) in [4.78, 5) is 39.0. The Hall–Kier alpha value is -4.40. The van der Waals surface area contributed by atoms with Gasteiger partial charge in [-0.1, -0.05) is 18.2 Å². The van der Waals surface area contributed by atoms with Gasteiger partial charge in [0, 0.05) is 17.4 Å². The highest BCUT2D eigenvalue weighted by Gasteiger charge is 2.21. The van der Waals surface area contributed by atoms with E-state index in [0.717, 1.165) is 0 Å². The van der Waals surface area contributed by atoms with Crippen LogP contribution in [0.25, 0.3) is 0 Å². The van der Waals surface area contributed by atoms with E-state index in [1.54, 1.807) is 4.90 Å². The number of hydrogen-bond acceptors (Lipinski definition) is 6. The van der Waals surface area contributed by atoms with Crippen molar-refractivity contribution >= 4 is 29.2 Å². The first-order valence-corrected chi connectivity index (χ1v) is 11.2. The molecule has 0 spiro atoms. The van der Waals surface area contributed by atoms with E-state index in [1.165, 1.54) is 49.6 Å². The van der Waals surface area contributed by atoms with Crippen molar-refractivity contribution in [2.75, 3.05) is 30.5 Å². The standard InChI is InChI=1S/C27H27FN2O6/c1-18(2)30(22-7-5-4-6-8-22)26(32)17-36-27(33)19-9-14-23(24(15-19)34-3)35-16-25(31)29-21-12-10-20(28)11-13-21/h4-15,18H,16-17H2,1-3H3,(H,29,31). The van der Waals surface area contributed by atoms with Crippen LogP contribution in [0.15, 0.2) is 72.8 Å². The van der Waals surface area contributed by atoms with Crippen LogP contribution >= 0.6 is 0 Å². The molecule has 0 saturated carbocycles. The number of benzene rings is 3. The fraction of sp³-hybridized carbons (Fsp3) is 0.222. The molecule has 0 bridgehead atoms. The minimum Gasteiger partial charge on any atom is -0.493 e. The number of halogens is 1. The number of ether oxygens (including phenoxy) is 3. The molecule has 0 atom stereocenters. The van der Waals surface area contributed by atoms with E-state index in [9.17, 15) is 18.8 Å². The van der Waals surface area contributed by atoms with Gasteiger partial charge in [0.2, 0.25) is 0 Å². The Bertz CT molecular complexity index is 1200. The van der Waals surface area contributed by atoms with Gasteiger partial charge in [-0.05, 0) is 68.4 Å². The SMILES string of the molecule is COc1cc(C(=O)OCC(=O)N(c2ccccc2)C(C)C)ccc1OCC(=O)Nc1ccc(F)cc1. The van der Waals surface area contributed by atoms with Crippen molar-refractivity contribution in [1.82, 2.24) is 0 Å². The van der Waals surface area contributed by atoms with E-state index in [2.05, 4.69) is 5.32 Å². The number of methoxy groups -OCH3 is 1. The van der Waals surface area contributed by atoms with Crippen LogP contribution < -0.4 is 19.7 Å². The normalized spacial score (nSPS) is 10.5. The van der Waals surface area contributed by atoms with E-state index < -0.39 is 24.3 Å². The molecule has 1 N–H and O–H groups in total. The van der Waals surface area contributed by atoms with Crippen LogP contribution in [0.3, 0.4) is 0 Å². The lowest BCUT2D eigenvalue weighted by molar-refractivity contribution is -0.122. The van der Waals surface area contributed by atoms with Gasteiger partial charge in [0.25, 0.3) is 11.8 Å². The maximum absolute atomic E-state index is 13.0. The van der Waals surface area contributed by atoms with Crippen molar-refractivity contribution in [3.63, 3.8) is 0 Å². The van der Waals surface area contributed by atoms with Crippen molar-refractivity contribution in [3.05, 3.63) is 84.2 Å². The molecule has 8 nitrogen and oxygen atoms in total. The summed E-state index contributed by atoms with van der Waals surface area (Å²) in [6.45, 7) is 2.97. The van der Waals surface area contributed by atoms with Crippen LogP contribution in [0.5, 0.6) is 11.5 Å². The van der Waals surface area contributed by atoms with E-state index >= 15 is 0 Å². The molecule has 0 radical (unpaired) electrons. The van der Waals surface area contributed by atoms with Crippen LogP contribution in [-0.4, -0.2) is 44.1 Å². The van der Waals surface area contributed by atoms with Crippen molar-refractivity contribution in [3.8, 4) is 11.5 Å². The predicted octanol–water partition coefficient (Wildman–Crippen LogP) is 4.45. The summed E-state index contributed by atoms with van der Waals surface area (Å²) < 4.78 is 29.0. The number of para-hydroxylation sites is 1. The van der Waals surface area contributed by atoms with Gasteiger partial charge >= 0.3 is 5.97 Å². The highest BCUT2D eigenvalue weighted by Crippen LogP contribution is 2.28. The van der Waals surface area contributed by atoms with Crippen molar-refractivity contribution in [1.29, 1.82) is 0 Å². The van der Waals surface area contributed by atoms with Gasteiger partial charge in [-0.2, -0.15) is 0 Å². The summed E-state index contributed by atoms with van der Waals surface area (Å²) >= 11 is 0. The highest BCUT2D eigenvalue weighted by atomic mass is 19.1. The van der Waals surface area contributed by atoms with Crippen molar-refractivity contribution in [2.24, 2.45) is 0 Å². The first-order valence-electron chi connectivity index (χ1n) is 11.2. The quantitative estimate of drug-likeness (QED) is 0.419. The second kappa shape index (κ2) is 12.3. The zero-order valence-electron chi connectivity index (χ0n) is 20.2. The number of rotatable bonds is 10. The highest BCUT2D eigenvalue weighted by molar-refractivity contribution is 5.97. The molecule has 0 aliphatic carbocycles. The van der Waals surface area contributed by atoms with E-state index in [4.69, 9.17) is 14.2 Å². The van der Waals surface area contributed by atoms with Gasteiger partial charge in [-0.15, -0.1) is 0 Å². The number of hydrogen-bond donors (Lipinski definition) is 1. The van der Waals surface area contributed by atoms with Gasteiger partial charge in [-0.3, -0.25) is 9.59 Å². The van der Waals surface area contributed by atoms with Crippen LogP contribution in [0, 0.1) is 5.82 Å². The van der Waals surface area contributed by atoms with E-state index in [0.29, 0.717) is 11.4 Å². The number of anilines is 2. The van der Waals surface area contributed by atoms with Crippen LogP contribution in [-0.2, 0) is 14.3 Å². The molecule has 0 saturated heterocycles. The Balaban J connectivity index is 1.58. The molecule has 0 aromatic heterocycles. The minimum absolute atomic E-state index is 0.129. The molecular weight excluding hydrogens is 467 g/mol. The third-order valence-corrected chi connectivity index (χ3v) is 5.03. The molecule has 188 valence electrons. The molecular formula is C27H27FN2O6. The Morgan fingerprint density at radius 3 is 2.25 bits per heavy atom. The smallest absolute Gasteiger partial charge is 0.338 e. The number of amides is 2. The van der Waals surface area contributed by atoms with Crippen LogP contribution in [0.1, 0.15) is 24.2 Å². The Labute approximate surface area is 208 Å². The average Bonchev–Trinajstić information content (AvgIpc) is 2.87. The average molecular weight is 495 g/mol. The monoisotopic (exact) mass is 494 g/mol. The van der Waals surface area contributed by atoms with Crippen LogP contribution in [0.4, 0.5) is 15.8 Å². The summed E-state index contributed by atoms with van der Waals surface area (Å²) in [6, 6.07) is 18.6. The van der Waals surface area contributed by atoms with Gasteiger partial charge in [0.05, 0.1) is 12.7 Å². The van der Waals surface area contributed by atoms with E-state index in [1.807, 2.05) is 44.2 Å². The maximum Gasteiger partial charge on any atom is 0.338 e. The fourth-order valence-electron chi connectivity index (χ4n) is 3.39. The summed E-state index contributed by atoms with van der Waals surface area (Å²) in [6.07, 6.45) is 0. The summed E-state index contributed by atoms with van der Waals surface area (Å²) in [5, 5.41) is 2.58. The molecule has 0 unspecified atom stereocenters. The molecule has 0 heterocycles. The topological polar surface area (TPSA) is 94.2 Å².